The van der Waals surface area contributed by atoms with Crippen LogP contribution >= 0.6 is 0 Å². The molecule has 2 aromatic carbocycles. The normalized spacial score (nSPS) is 12.1. The molecular formula is C19H11F6N3O3. The van der Waals surface area contributed by atoms with E-state index in [1.807, 2.05) is 0 Å². The number of carbonyl (C=O) groups excluding carboxylic acids is 1. The predicted molar refractivity (Wildman–Crippen MR) is 95.8 cm³/mol. The molecule has 0 fully saturated rings. The van der Waals surface area contributed by atoms with E-state index in [1.165, 1.54) is 30.3 Å². The lowest BCUT2D eigenvalue weighted by molar-refractivity contribution is -0.143. The second kappa shape index (κ2) is 8.78. The first kappa shape index (κ1) is 23.3. The Labute approximate surface area is 170 Å². The Hall–Kier alpha value is -4.01. The van der Waals surface area contributed by atoms with Crippen molar-refractivity contribution in [2.45, 2.75) is 12.4 Å². The quantitative estimate of drug-likeness (QED) is 0.347. The van der Waals surface area contributed by atoms with Crippen molar-refractivity contribution in [1.82, 2.24) is 0 Å². The van der Waals surface area contributed by atoms with Gasteiger partial charge in [0.1, 0.15) is 11.6 Å². The van der Waals surface area contributed by atoms with E-state index in [0.717, 1.165) is 0 Å². The number of rotatable bonds is 5. The van der Waals surface area contributed by atoms with Crippen LogP contribution in [0.15, 0.2) is 54.2 Å². The van der Waals surface area contributed by atoms with Crippen LogP contribution in [-0.4, -0.2) is 17.0 Å². The molecular weight excluding hydrogens is 432 g/mol. The maximum Gasteiger partial charge on any atom is 0.416 e. The molecule has 0 aliphatic carbocycles. The zero-order valence-electron chi connectivity index (χ0n) is 15.1. The molecule has 0 saturated carbocycles. The van der Waals surface area contributed by atoms with Crippen molar-refractivity contribution >= 4 is 23.3 Å². The number of nitrogens with one attached hydrogen (secondary N) is 2. The highest BCUT2D eigenvalue weighted by molar-refractivity contribution is 6.06. The molecule has 0 aliphatic rings. The summed E-state index contributed by atoms with van der Waals surface area (Å²) < 4.78 is 77.3. The van der Waals surface area contributed by atoms with Gasteiger partial charge >= 0.3 is 18.3 Å². The van der Waals surface area contributed by atoms with Crippen LogP contribution in [0.5, 0.6) is 0 Å². The summed E-state index contributed by atoms with van der Waals surface area (Å²) >= 11 is 0. The number of alkyl halides is 6. The fourth-order valence-corrected chi connectivity index (χ4v) is 2.24. The van der Waals surface area contributed by atoms with Gasteiger partial charge in [0.25, 0.3) is 5.91 Å². The predicted octanol–water partition coefficient (Wildman–Crippen LogP) is 4.88. The highest BCUT2D eigenvalue weighted by atomic mass is 19.4. The SMILES string of the molecule is N#C/C(=C/Nc1cc(C(F)(F)F)cc(C(F)(F)F)c1)C(=O)Nc1ccc(C(=O)O)cc1. The first-order valence-corrected chi connectivity index (χ1v) is 8.12. The number of hydrogen-bond acceptors (Lipinski definition) is 4. The minimum absolute atomic E-state index is 0.0619. The van der Waals surface area contributed by atoms with Gasteiger partial charge in [0.05, 0.1) is 16.7 Å². The van der Waals surface area contributed by atoms with Crippen molar-refractivity contribution in [2.75, 3.05) is 10.6 Å². The molecule has 0 bridgehead atoms. The zero-order valence-corrected chi connectivity index (χ0v) is 15.1. The van der Waals surface area contributed by atoms with Crippen molar-refractivity contribution in [3.05, 3.63) is 70.9 Å². The molecule has 3 N–H and O–H groups in total. The molecule has 0 unspecified atom stereocenters. The molecule has 0 spiro atoms. The van der Waals surface area contributed by atoms with E-state index < -0.39 is 46.6 Å². The minimum Gasteiger partial charge on any atom is -0.478 e. The number of amides is 1. The van der Waals surface area contributed by atoms with Gasteiger partial charge in [-0.1, -0.05) is 0 Å². The number of anilines is 2. The summed E-state index contributed by atoms with van der Waals surface area (Å²) in [5.74, 6) is -2.24. The Morgan fingerprint density at radius 2 is 1.42 bits per heavy atom. The number of hydrogen-bond donors (Lipinski definition) is 3. The van der Waals surface area contributed by atoms with Gasteiger partial charge in [0.2, 0.25) is 0 Å². The Balaban J connectivity index is 2.26. The molecule has 12 heteroatoms. The third-order valence-corrected chi connectivity index (χ3v) is 3.73. The number of carboxylic acids is 1. The fraction of sp³-hybridized carbons (Fsp3) is 0.105. The van der Waals surface area contributed by atoms with E-state index in [-0.39, 0.29) is 17.3 Å². The standard InChI is InChI=1S/C19H11F6N3O3/c20-18(21,22)12-5-13(19(23,24)25)7-15(6-12)27-9-11(8-26)16(29)28-14-3-1-10(2-4-14)17(30)31/h1-7,9,27H,(H,28,29)(H,30,31)/b11-9-. The minimum atomic E-state index is -5.06. The van der Waals surface area contributed by atoms with Gasteiger partial charge in [0, 0.05) is 17.6 Å². The van der Waals surface area contributed by atoms with Crippen LogP contribution in [0.1, 0.15) is 21.5 Å². The molecule has 6 nitrogen and oxygen atoms in total. The Morgan fingerprint density at radius 3 is 1.84 bits per heavy atom. The molecule has 0 atom stereocenters. The summed E-state index contributed by atoms with van der Waals surface area (Å²) in [6, 6.07) is 6.99. The Kier molecular flexibility index (Phi) is 6.59. The summed E-state index contributed by atoms with van der Waals surface area (Å²) in [5.41, 5.74) is -4.41. The second-order valence-electron chi connectivity index (χ2n) is 5.95. The molecule has 0 radical (unpaired) electrons. The summed E-state index contributed by atoms with van der Waals surface area (Å²) in [6.07, 6.45) is -9.46. The molecule has 31 heavy (non-hydrogen) atoms. The average molecular weight is 443 g/mol. The van der Waals surface area contributed by atoms with Crippen molar-refractivity contribution in [3.63, 3.8) is 0 Å². The number of benzene rings is 2. The molecule has 0 saturated heterocycles. The maximum atomic E-state index is 12.9. The van der Waals surface area contributed by atoms with Crippen LogP contribution < -0.4 is 10.6 Å². The third kappa shape index (κ3) is 6.23. The number of halogens is 6. The van der Waals surface area contributed by atoms with Crippen LogP contribution in [-0.2, 0) is 17.1 Å². The topological polar surface area (TPSA) is 102 Å². The fourth-order valence-electron chi connectivity index (χ4n) is 2.24. The average Bonchev–Trinajstić information content (AvgIpc) is 2.67. The molecule has 0 aliphatic heterocycles. The Morgan fingerprint density at radius 1 is 0.903 bits per heavy atom. The molecule has 1 amide bonds. The van der Waals surface area contributed by atoms with Gasteiger partial charge in [-0.05, 0) is 42.5 Å². The van der Waals surface area contributed by atoms with E-state index >= 15 is 0 Å². The van der Waals surface area contributed by atoms with E-state index in [2.05, 4.69) is 10.6 Å². The molecule has 2 aromatic rings. The summed E-state index contributed by atoms with van der Waals surface area (Å²) in [7, 11) is 0. The van der Waals surface area contributed by atoms with E-state index in [4.69, 9.17) is 10.4 Å². The van der Waals surface area contributed by atoms with Gasteiger partial charge in [-0.3, -0.25) is 4.79 Å². The van der Waals surface area contributed by atoms with E-state index in [9.17, 15) is 35.9 Å². The number of carbonyl (C=O) groups is 2. The number of aromatic carboxylic acids is 1. The second-order valence-corrected chi connectivity index (χ2v) is 5.95. The smallest absolute Gasteiger partial charge is 0.416 e. The number of nitrogens with zero attached hydrogens (tertiary/aromatic N) is 1. The number of carboxylic acid groups (broad SMARTS) is 1. The molecule has 162 valence electrons. The molecule has 0 heterocycles. The summed E-state index contributed by atoms with van der Waals surface area (Å²) in [6.45, 7) is 0. The van der Waals surface area contributed by atoms with Crippen LogP contribution in [0.3, 0.4) is 0 Å². The van der Waals surface area contributed by atoms with E-state index in [1.54, 1.807) is 0 Å². The lowest BCUT2D eigenvalue weighted by atomic mass is 10.1. The first-order chi connectivity index (χ1) is 14.3. The van der Waals surface area contributed by atoms with Gasteiger partial charge in [-0.15, -0.1) is 0 Å². The van der Waals surface area contributed by atoms with Gasteiger partial charge in [-0.25, -0.2) is 4.79 Å². The van der Waals surface area contributed by atoms with Crippen molar-refractivity contribution in [2.24, 2.45) is 0 Å². The lowest BCUT2D eigenvalue weighted by Crippen LogP contribution is -2.15. The van der Waals surface area contributed by atoms with Crippen molar-refractivity contribution < 1.29 is 41.0 Å². The Bertz CT molecular complexity index is 1040. The van der Waals surface area contributed by atoms with Crippen LogP contribution in [0, 0.1) is 11.3 Å². The largest absolute Gasteiger partial charge is 0.478 e. The van der Waals surface area contributed by atoms with Gasteiger partial charge in [-0.2, -0.15) is 31.6 Å². The highest BCUT2D eigenvalue weighted by Crippen LogP contribution is 2.37. The molecule has 2 rings (SSSR count). The molecule has 0 aromatic heterocycles. The van der Waals surface area contributed by atoms with Crippen LogP contribution in [0.4, 0.5) is 37.7 Å². The number of nitriles is 1. The summed E-state index contributed by atoms with van der Waals surface area (Å²) in [5, 5.41) is 22.2. The van der Waals surface area contributed by atoms with Crippen LogP contribution in [0.2, 0.25) is 0 Å². The third-order valence-electron chi connectivity index (χ3n) is 3.73. The lowest BCUT2D eigenvalue weighted by Gasteiger charge is -2.14. The van der Waals surface area contributed by atoms with Gasteiger partial charge < -0.3 is 15.7 Å². The van der Waals surface area contributed by atoms with Gasteiger partial charge in [0.15, 0.2) is 0 Å². The van der Waals surface area contributed by atoms with Crippen LogP contribution in [0.25, 0.3) is 0 Å². The highest BCUT2D eigenvalue weighted by Gasteiger charge is 2.36. The maximum absolute atomic E-state index is 12.9. The van der Waals surface area contributed by atoms with E-state index in [0.29, 0.717) is 18.3 Å². The monoisotopic (exact) mass is 443 g/mol. The van der Waals surface area contributed by atoms with Crippen molar-refractivity contribution in [1.29, 1.82) is 5.26 Å². The first-order valence-electron chi connectivity index (χ1n) is 8.12. The van der Waals surface area contributed by atoms with Crippen molar-refractivity contribution in [3.8, 4) is 6.07 Å². The summed E-state index contributed by atoms with van der Waals surface area (Å²) in [4.78, 5) is 22.9. The zero-order chi connectivity index (χ0) is 23.4.